The zero-order valence-corrected chi connectivity index (χ0v) is 6.23. The third kappa shape index (κ3) is 0.903. The van der Waals surface area contributed by atoms with E-state index in [0.29, 0.717) is 5.69 Å². The molecule has 0 unspecified atom stereocenters. The van der Waals surface area contributed by atoms with Crippen LogP contribution in [0, 0.1) is 11.3 Å². The summed E-state index contributed by atoms with van der Waals surface area (Å²) in [5.74, 6) is 0. The van der Waals surface area contributed by atoms with Gasteiger partial charge in [-0.15, -0.1) is 0 Å². The van der Waals surface area contributed by atoms with Gasteiger partial charge in [-0.2, -0.15) is 5.26 Å². The van der Waals surface area contributed by atoms with Crippen molar-refractivity contribution >= 4 is 10.9 Å². The lowest BCUT2D eigenvalue weighted by Crippen LogP contribution is -1.86. The summed E-state index contributed by atoms with van der Waals surface area (Å²) in [7, 11) is 0. The molecule has 0 spiro atoms. The van der Waals surface area contributed by atoms with Gasteiger partial charge in [0.25, 0.3) is 0 Å². The van der Waals surface area contributed by atoms with Gasteiger partial charge >= 0.3 is 0 Å². The van der Waals surface area contributed by atoms with Crippen molar-refractivity contribution in [3.63, 3.8) is 0 Å². The molecule has 0 saturated heterocycles. The molecule has 1 aromatic carbocycles. The van der Waals surface area contributed by atoms with Crippen LogP contribution in [0.25, 0.3) is 10.9 Å². The standard InChI is InChI=1S/C9H5N3/c10-5-9-7-3-1-2-4-8(7)11-6-12-9/h1-4,6H. The van der Waals surface area contributed by atoms with Gasteiger partial charge in [0.2, 0.25) is 0 Å². The molecule has 0 saturated carbocycles. The van der Waals surface area contributed by atoms with Crippen molar-refractivity contribution in [3.8, 4) is 6.07 Å². The molecule has 0 amide bonds. The van der Waals surface area contributed by atoms with Gasteiger partial charge in [0.05, 0.1) is 5.52 Å². The molecule has 0 aliphatic carbocycles. The number of nitrogens with zero attached hydrogens (tertiary/aromatic N) is 3. The number of rotatable bonds is 0. The Morgan fingerprint density at radius 1 is 1.17 bits per heavy atom. The van der Waals surface area contributed by atoms with Crippen molar-refractivity contribution in [3.05, 3.63) is 36.3 Å². The smallest absolute Gasteiger partial charge is 0.151 e. The Morgan fingerprint density at radius 3 is 2.83 bits per heavy atom. The number of benzene rings is 1. The molecular formula is C9H5N3. The number of aromatic nitrogens is 2. The molecule has 2 aromatic rings. The average Bonchev–Trinajstić information content (AvgIpc) is 2.17. The van der Waals surface area contributed by atoms with E-state index in [0.717, 1.165) is 10.9 Å². The van der Waals surface area contributed by atoms with Gasteiger partial charge in [0.15, 0.2) is 5.69 Å². The van der Waals surface area contributed by atoms with E-state index in [9.17, 15) is 0 Å². The summed E-state index contributed by atoms with van der Waals surface area (Å²) in [4.78, 5) is 7.88. The number of hydrogen-bond acceptors (Lipinski definition) is 3. The predicted octanol–water partition coefficient (Wildman–Crippen LogP) is 1.50. The Kier molecular flexibility index (Phi) is 1.45. The predicted molar refractivity (Wildman–Crippen MR) is 44.3 cm³/mol. The average molecular weight is 155 g/mol. The summed E-state index contributed by atoms with van der Waals surface area (Å²) in [6, 6.07) is 9.47. The fourth-order valence-electron chi connectivity index (χ4n) is 1.09. The molecule has 56 valence electrons. The van der Waals surface area contributed by atoms with Crippen LogP contribution in [0.5, 0.6) is 0 Å². The largest absolute Gasteiger partial charge is 0.236 e. The van der Waals surface area contributed by atoms with Crippen molar-refractivity contribution in [2.24, 2.45) is 0 Å². The minimum absolute atomic E-state index is 0.431. The van der Waals surface area contributed by atoms with Crippen LogP contribution in [-0.4, -0.2) is 9.97 Å². The lowest BCUT2D eigenvalue weighted by Gasteiger charge is -1.95. The van der Waals surface area contributed by atoms with Gasteiger partial charge in [-0.05, 0) is 12.1 Å². The van der Waals surface area contributed by atoms with E-state index in [-0.39, 0.29) is 0 Å². The molecule has 3 heteroatoms. The van der Waals surface area contributed by atoms with Crippen molar-refractivity contribution in [2.45, 2.75) is 0 Å². The molecule has 0 bridgehead atoms. The second kappa shape index (κ2) is 2.59. The van der Waals surface area contributed by atoms with Gasteiger partial charge in [-0.1, -0.05) is 12.1 Å². The minimum Gasteiger partial charge on any atom is -0.236 e. The summed E-state index contributed by atoms with van der Waals surface area (Å²) in [5.41, 5.74) is 1.24. The molecule has 12 heavy (non-hydrogen) atoms. The molecule has 1 aromatic heterocycles. The lowest BCUT2D eigenvalue weighted by molar-refractivity contribution is 1.19. The lowest BCUT2D eigenvalue weighted by atomic mass is 10.2. The fourth-order valence-corrected chi connectivity index (χ4v) is 1.09. The van der Waals surface area contributed by atoms with Gasteiger partial charge in [0, 0.05) is 5.39 Å². The molecule has 0 atom stereocenters. The molecule has 0 radical (unpaired) electrons. The zero-order chi connectivity index (χ0) is 8.39. The molecule has 0 aliphatic heterocycles. The van der Waals surface area contributed by atoms with E-state index < -0.39 is 0 Å². The van der Waals surface area contributed by atoms with Crippen LogP contribution in [0.1, 0.15) is 5.69 Å². The van der Waals surface area contributed by atoms with Crippen LogP contribution in [0.3, 0.4) is 0 Å². The van der Waals surface area contributed by atoms with Crippen LogP contribution >= 0.6 is 0 Å². The Morgan fingerprint density at radius 2 is 2.00 bits per heavy atom. The highest BCUT2D eigenvalue weighted by molar-refractivity contribution is 5.82. The Balaban J connectivity index is 2.91. The van der Waals surface area contributed by atoms with E-state index in [1.54, 1.807) is 0 Å². The number of fused-ring (bicyclic) bond motifs is 1. The Bertz CT molecular complexity index is 451. The van der Waals surface area contributed by atoms with E-state index in [1.807, 2.05) is 30.3 Å². The Hall–Kier alpha value is -1.95. The maximum atomic E-state index is 8.70. The quantitative estimate of drug-likeness (QED) is 0.579. The van der Waals surface area contributed by atoms with E-state index in [4.69, 9.17) is 5.26 Å². The first-order valence-corrected chi connectivity index (χ1v) is 3.51. The molecule has 0 N–H and O–H groups in total. The second-order valence-electron chi connectivity index (χ2n) is 2.35. The third-order valence-corrected chi connectivity index (χ3v) is 1.65. The number of hydrogen-bond donors (Lipinski definition) is 0. The minimum atomic E-state index is 0.431. The SMILES string of the molecule is N#Cc1ncnc2ccccc12. The molecule has 0 fully saturated rings. The zero-order valence-electron chi connectivity index (χ0n) is 6.23. The summed E-state index contributed by atoms with van der Waals surface area (Å²) in [5, 5.41) is 9.50. The first kappa shape index (κ1) is 6.74. The fraction of sp³-hybridized carbons (Fsp3) is 0. The third-order valence-electron chi connectivity index (χ3n) is 1.65. The van der Waals surface area contributed by atoms with Gasteiger partial charge in [0.1, 0.15) is 12.4 Å². The molecule has 1 heterocycles. The van der Waals surface area contributed by atoms with Gasteiger partial charge in [-0.25, -0.2) is 9.97 Å². The van der Waals surface area contributed by atoms with Crippen molar-refractivity contribution in [1.29, 1.82) is 5.26 Å². The van der Waals surface area contributed by atoms with Crippen molar-refractivity contribution < 1.29 is 0 Å². The summed E-state index contributed by atoms with van der Waals surface area (Å²) in [6.07, 6.45) is 1.40. The topological polar surface area (TPSA) is 49.6 Å². The van der Waals surface area contributed by atoms with Crippen LogP contribution in [0.4, 0.5) is 0 Å². The Labute approximate surface area is 69.3 Å². The van der Waals surface area contributed by atoms with Gasteiger partial charge in [-0.3, -0.25) is 0 Å². The molecule has 0 aliphatic rings. The van der Waals surface area contributed by atoms with Crippen molar-refractivity contribution in [2.75, 3.05) is 0 Å². The van der Waals surface area contributed by atoms with E-state index >= 15 is 0 Å². The van der Waals surface area contributed by atoms with Crippen LogP contribution in [0.15, 0.2) is 30.6 Å². The maximum Gasteiger partial charge on any atom is 0.151 e. The number of nitriles is 1. The molecule has 3 nitrogen and oxygen atoms in total. The van der Waals surface area contributed by atoms with Crippen LogP contribution < -0.4 is 0 Å². The van der Waals surface area contributed by atoms with E-state index in [2.05, 4.69) is 9.97 Å². The monoisotopic (exact) mass is 155 g/mol. The summed E-state index contributed by atoms with van der Waals surface area (Å²) < 4.78 is 0. The normalized spacial score (nSPS) is 9.58. The summed E-state index contributed by atoms with van der Waals surface area (Å²) >= 11 is 0. The number of para-hydroxylation sites is 1. The van der Waals surface area contributed by atoms with Crippen molar-refractivity contribution in [1.82, 2.24) is 9.97 Å². The first-order chi connectivity index (χ1) is 5.92. The van der Waals surface area contributed by atoms with Crippen LogP contribution in [0.2, 0.25) is 0 Å². The highest BCUT2D eigenvalue weighted by Gasteiger charge is 1.99. The maximum absolute atomic E-state index is 8.70. The molecule has 2 rings (SSSR count). The highest BCUT2D eigenvalue weighted by atomic mass is 14.8. The van der Waals surface area contributed by atoms with Gasteiger partial charge < -0.3 is 0 Å². The second-order valence-corrected chi connectivity index (χ2v) is 2.35. The molecular weight excluding hydrogens is 150 g/mol. The highest BCUT2D eigenvalue weighted by Crippen LogP contribution is 2.12. The van der Waals surface area contributed by atoms with E-state index in [1.165, 1.54) is 6.33 Å². The summed E-state index contributed by atoms with van der Waals surface area (Å²) in [6.45, 7) is 0. The van der Waals surface area contributed by atoms with Crippen LogP contribution in [-0.2, 0) is 0 Å². The first-order valence-electron chi connectivity index (χ1n) is 3.51.